The highest BCUT2D eigenvalue weighted by Crippen LogP contribution is 2.21. The fourth-order valence-electron chi connectivity index (χ4n) is 3.56. The predicted octanol–water partition coefficient (Wildman–Crippen LogP) is 2.13. The van der Waals surface area contributed by atoms with Crippen molar-refractivity contribution in [1.29, 1.82) is 0 Å². The molecule has 9 heteroatoms. The summed E-state index contributed by atoms with van der Waals surface area (Å²) in [5.74, 6) is 0.878. The Hall–Kier alpha value is -3.62. The zero-order chi connectivity index (χ0) is 21.4. The number of aromatic amines is 2. The van der Waals surface area contributed by atoms with Gasteiger partial charge in [0.2, 0.25) is 5.91 Å². The van der Waals surface area contributed by atoms with Crippen molar-refractivity contribution in [2.75, 3.05) is 5.32 Å². The number of aryl methyl sites for hydroxylation is 2. The fraction of sp³-hybridized carbons (Fsp3) is 0.333. The highest BCUT2D eigenvalue weighted by atomic mass is 16.2. The molecule has 1 aromatic carbocycles. The van der Waals surface area contributed by atoms with E-state index in [1.54, 1.807) is 0 Å². The minimum Gasteiger partial charge on any atom is -0.347 e. The number of nitrogens with zero attached hydrogens (tertiary/aromatic N) is 3. The number of fused-ring (bicyclic) bond motifs is 2. The van der Waals surface area contributed by atoms with Gasteiger partial charge in [-0.3, -0.25) is 19.1 Å². The molecule has 4 rings (SSSR count). The molecule has 30 heavy (non-hydrogen) atoms. The maximum absolute atomic E-state index is 12.4. The lowest BCUT2D eigenvalue weighted by atomic mass is 10.2. The zero-order valence-corrected chi connectivity index (χ0v) is 17.2. The third-order valence-corrected chi connectivity index (χ3v) is 5.01. The summed E-state index contributed by atoms with van der Waals surface area (Å²) in [6.07, 6.45) is 2.58. The van der Waals surface area contributed by atoms with E-state index in [9.17, 15) is 14.4 Å². The van der Waals surface area contributed by atoms with E-state index >= 15 is 0 Å². The first-order valence-corrected chi connectivity index (χ1v) is 9.88. The highest BCUT2D eigenvalue weighted by Gasteiger charge is 2.12. The molecule has 0 aliphatic rings. The summed E-state index contributed by atoms with van der Waals surface area (Å²) in [5, 5.41) is 3.98. The van der Waals surface area contributed by atoms with Crippen molar-refractivity contribution < 1.29 is 4.79 Å². The van der Waals surface area contributed by atoms with Crippen LogP contribution >= 0.6 is 0 Å². The number of imidazole rings is 1. The molecule has 1 amide bonds. The average Bonchev–Trinajstić information content (AvgIpc) is 3.29. The second-order valence-electron chi connectivity index (χ2n) is 7.88. The Labute approximate surface area is 171 Å². The molecule has 0 atom stereocenters. The Kier molecular flexibility index (Phi) is 5.03. The topological polar surface area (TPSA) is 118 Å². The Morgan fingerprint density at radius 3 is 2.77 bits per heavy atom. The van der Waals surface area contributed by atoms with Crippen LogP contribution < -0.4 is 16.6 Å². The second-order valence-corrected chi connectivity index (χ2v) is 7.88. The van der Waals surface area contributed by atoms with E-state index in [-0.39, 0.29) is 23.5 Å². The van der Waals surface area contributed by atoms with Gasteiger partial charge < -0.3 is 14.9 Å². The van der Waals surface area contributed by atoms with Crippen LogP contribution in [-0.4, -0.2) is 30.0 Å². The second kappa shape index (κ2) is 7.66. The molecule has 0 unspecified atom stereocenters. The first kappa shape index (κ1) is 19.7. The lowest BCUT2D eigenvalue weighted by Gasteiger charge is -2.09. The van der Waals surface area contributed by atoms with E-state index in [0.717, 1.165) is 23.1 Å². The molecule has 9 nitrogen and oxygen atoms in total. The number of amides is 1. The summed E-state index contributed by atoms with van der Waals surface area (Å²) in [6, 6.07) is 7.91. The lowest BCUT2D eigenvalue weighted by molar-refractivity contribution is -0.116. The van der Waals surface area contributed by atoms with Crippen LogP contribution in [0.4, 0.5) is 5.69 Å². The average molecular weight is 408 g/mol. The van der Waals surface area contributed by atoms with Crippen molar-refractivity contribution in [2.24, 2.45) is 13.0 Å². The molecular weight excluding hydrogens is 384 g/mol. The van der Waals surface area contributed by atoms with Crippen LogP contribution in [0.1, 0.15) is 26.1 Å². The van der Waals surface area contributed by atoms with Gasteiger partial charge in [-0.25, -0.2) is 9.78 Å². The number of hydrogen-bond acceptors (Lipinski definition) is 4. The molecule has 0 fully saturated rings. The van der Waals surface area contributed by atoms with Crippen molar-refractivity contribution >= 4 is 33.7 Å². The normalized spacial score (nSPS) is 11.6. The van der Waals surface area contributed by atoms with E-state index < -0.39 is 11.2 Å². The summed E-state index contributed by atoms with van der Waals surface area (Å²) < 4.78 is 3.47. The Balaban J connectivity index is 1.44. The number of anilines is 1. The Morgan fingerprint density at radius 1 is 1.20 bits per heavy atom. The number of rotatable bonds is 6. The molecule has 3 aromatic heterocycles. The van der Waals surface area contributed by atoms with Crippen molar-refractivity contribution in [1.82, 2.24) is 24.1 Å². The minimum atomic E-state index is -0.527. The third-order valence-electron chi connectivity index (χ3n) is 5.01. The van der Waals surface area contributed by atoms with Gasteiger partial charge in [-0.15, -0.1) is 0 Å². The molecule has 3 heterocycles. The van der Waals surface area contributed by atoms with Crippen LogP contribution in [-0.2, 0) is 24.8 Å². The van der Waals surface area contributed by atoms with Crippen LogP contribution in [0.15, 0.2) is 40.1 Å². The quantitative estimate of drug-likeness (QED) is 0.453. The van der Waals surface area contributed by atoms with Crippen LogP contribution in [0, 0.1) is 5.92 Å². The maximum Gasteiger partial charge on any atom is 0.329 e. The van der Waals surface area contributed by atoms with Crippen molar-refractivity contribution in [3.8, 4) is 0 Å². The maximum atomic E-state index is 12.4. The standard InChI is InChI=1S/C21H24N6O3/c1-12(2)11-27-9-8-13-10-14(4-5-15(13)27)22-17(28)7-6-16-23-18-19(24-16)26(3)21(30)25-20(18)29/h4-5,8-10,12H,6-7,11H2,1-3H3,(H,22,28)(H,23,24)(H,25,29,30). The number of carbonyl (C=O) groups excluding carboxylic acids is 1. The molecule has 0 spiro atoms. The molecule has 156 valence electrons. The lowest BCUT2D eigenvalue weighted by Crippen LogP contribution is -2.28. The van der Waals surface area contributed by atoms with Gasteiger partial charge in [0.05, 0.1) is 0 Å². The van der Waals surface area contributed by atoms with Crippen molar-refractivity contribution in [3.63, 3.8) is 0 Å². The smallest absolute Gasteiger partial charge is 0.329 e. The molecule has 3 N–H and O–H groups in total. The van der Waals surface area contributed by atoms with Crippen LogP contribution in [0.2, 0.25) is 0 Å². The van der Waals surface area contributed by atoms with Crippen LogP contribution in [0.5, 0.6) is 0 Å². The summed E-state index contributed by atoms with van der Waals surface area (Å²) in [5.41, 5.74) is 1.33. The van der Waals surface area contributed by atoms with Gasteiger partial charge in [0.25, 0.3) is 5.56 Å². The largest absolute Gasteiger partial charge is 0.347 e. The van der Waals surface area contributed by atoms with E-state index in [2.05, 4.69) is 44.9 Å². The molecule has 0 saturated heterocycles. The van der Waals surface area contributed by atoms with Crippen molar-refractivity contribution in [2.45, 2.75) is 33.2 Å². The molecule has 0 aliphatic carbocycles. The van der Waals surface area contributed by atoms with Gasteiger partial charge in [-0.1, -0.05) is 13.8 Å². The van der Waals surface area contributed by atoms with Crippen molar-refractivity contribution in [3.05, 3.63) is 57.1 Å². The SMILES string of the molecule is CC(C)Cn1ccc2cc(NC(=O)CCc3nc4c([nH]3)c(=O)[nH]c(=O)n4C)ccc21. The predicted molar refractivity (Wildman–Crippen MR) is 116 cm³/mol. The third kappa shape index (κ3) is 3.78. The number of H-pyrrole nitrogens is 2. The van der Waals surface area contributed by atoms with E-state index in [0.29, 0.717) is 18.2 Å². The number of benzene rings is 1. The summed E-state index contributed by atoms with van der Waals surface area (Å²) in [6.45, 7) is 5.30. The van der Waals surface area contributed by atoms with Gasteiger partial charge in [0, 0.05) is 49.2 Å². The number of nitrogens with one attached hydrogen (secondary N) is 3. The highest BCUT2D eigenvalue weighted by molar-refractivity contribution is 5.94. The van der Waals surface area contributed by atoms with Gasteiger partial charge >= 0.3 is 5.69 Å². The molecule has 0 bridgehead atoms. The van der Waals surface area contributed by atoms with Crippen LogP contribution in [0.25, 0.3) is 22.1 Å². The summed E-state index contributed by atoms with van der Waals surface area (Å²) in [7, 11) is 1.53. The monoisotopic (exact) mass is 408 g/mol. The molecule has 0 radical (unpaired) electrons. The van der Waals surface area contributed by atoms with E-state index in [4.69, 9.17) is 0 Å². The van der Waals surface area contributed by atoms with Gasteiger partial charge in [-0.2, -0.15) is 0 Å². The summed E-state index contributed by atoms with van der Waals surface area (Å²) in [4.78, 5) is 45.4. The zero-order valence-electron chi connectivity index (χ0n) is 17.2. The van der Waals surface area contributed by atoms with E-state index in [1.165, 1.54) is 11.6 Å². The van der Waals surface area contributed by atoms with E-state index in [1.807, 2.05) is 24.3 Å². The number of aromatic nitrogens is 5. The Morgan fingerprint density at radius 2 is 2.00 bits per heavy atom. The first-order valence-electron chi connectivity index (χ1n) is 9.88. The molecule has 0 aliphatic heterocycles. The first-order chi connectivity index (χ1) is 14.3. The fourth-order valence-corrected chi connectivity index (χ4v) is 3.56. The number of hydrogen-bond donors (Lipinski definition) is 3. The molecule has 0 saturated carbocycles. The van der Waals surface area contributed by atoms with Gasteiger partial charge in [0.15, 0.2) is 5.65 Å². The van der Waals surface area contributed by atoms with Gasteiger partial charge in [0.1, 0.15) is 11.3 Å². The Bertz CT molecular complexity index is 1350. The molecule has 4 aromatic rings. The molecular formula is C21H24N6O3. The van der Waals surface area contributed by atoms with Crippen LogP contribution in [0.3, 0.4) is 0 Å². The number of carbonyl (C=O) groups is 1. The summed E-state index contributed by atoms with van der Waals surface area (Å²) >= 11 is 0. The van der Waals surface area contributed by atoms with Gasteiger partial charge in [-0.05, 0) is 30.2 Å². The minimum absolute atomic E-state index is 0.154.